The van der Waals surface area contributed by atoms with Crippen molar-refractivity contribution in [2.45, 2.75) is 44.2 Å². The Labute approximate surface area is 129 Å². The summed E-state index contributed by atoms with van der Waals surface area (Å²) in [4.78, 5) is 18.7. The van der Waals surface area contributed by atoms with E-state index in [4.69, 9.17) is 9.15 Å². The molecule has 5 nitrogen and oxygen atoms in total. The minimum Gasteiger partial charge on any atom is -0.461 e. The van der Waals surface area contributed by atoms with Gasteiger partial charge in [-0.15, -0.1) is 0 Å². The summed E-state index contributed by atoms with van der Waals surface area (Å²) in [5.74, 6) is 1.12. The molecule has 1 aromatic heterocycles. The molecule has 0 saturated carbocycles. The topological polar surface area (TPSA) is 55.6 Å². The number of esters is 1. The maximum Gasteiger partial charge on any atom is 0.323 e. The molecule has 2 unspecified atom stereocenters. The number of benzene rings is 1. The normalized spacial score (nSPS) is 27.4. The standard InChI is InChI=1S/C17H20N2O3/c1-11-10-14(17(20)21-11)19-8-6-12(7-9-19)16-18-13-4-2-3-5-15(13)22-16/h2-5,11-12,14H,6-10H2,1H3. The van der Waals surface area contributed by atoms with E-state index in [1.807, 2.05) is 31.2 Å². The zero-order valence-electron chi connectivity index (χ0n) is 12.7. The molecule has 1 aromatic carbocycles. The zero-order chi connectivity index (χ0) is 15.1. The van der Waals surface area contributed by atoms with Crippen LogP contribution in [0.2, 0.25) is 0 Å². The van der Waals surface area contributed by atoms with Crippen molar-refractivity contribution in [1.29, 1.82) is 0 Å². The molecule has 2 aromatic rings. The quantitative estimate of drug-likeness (QED) is 0.798. The molecule has 2 aliphatic heterocycles. The van der Waals surface area contributed by atoms with E-state index in [2.05, 4.69) is 9.88 Å². The Hall–Kier alpha value is -1.88. The predicted molar refractivity (Wildman–Crippen MR) is 81.5 cm³/mol. The Morgan fingerprint density at radius 1 is 1.23 bits per heavy atom. The number of piperidine rings is 1. The highest BCUT2D eigenvalue weighted by Crippen LogP contribution is 2.32. The van der Waals surface area contributed by atoms with Crippen molar-refractivity contribution in [2.24, 2.45) is 0 Å². The highest BCUT2D eigenvalue weighted by molar-refractivity contribution is 5.78. The zero-order valence-corrected chi connectivity index (χ0v) is 12.7. The summed E-state index contributed by atoms with van der Waals surface area (Å²) in [5.41, 5.74) is 1.78. The first-order valence-electron chi connectivity index (χ1n) is 8.01. The van der Waals surface area contributed by atoms with Gasteiger partial charge in [-0.25, -0.2) is 4.98 Å². The van der Waals surface area contributed by atoms with E-state index in [-0.39, 0.29) is 18.1 Å². The van der Waals surface area contributed by atoms with E-state index in [9.17, 15) is 4.79 Å². The van der Waals surface area contributed by atoms with E-state index in [1.165, 1.54) is 0 Å². The van der Waals surface area contributed by atoms with Crippen molar-refractivity contribution in [3.05, 3.63) is 30.2 Å². The smallest absolute Gasteiger partial charge is 0.323 e. The van der Waals surface area contributed by atoms with Crippen LogP contribution in [0.3, 0.4) is 0 Å². The maximum absolute atomic E-state index is 11.9. The number of likely N-dealkylation sites (tertiary alicyclic amines) is 1. The number of aromatic nitrogens is 1. The highest BCUT2D eigenvalue weighted by Gasteiger charge is 2.38. The second-order valence-corrected chi connectivity index (χ2v) is 6.33. The molecule has 0 amide bonds. The van der Waals surface area contributed by atoms with Crippen LogP contribution in [0.5, 0.6) is 0 Å². The van der Waals surface area contributed by atoms with Crippen LogP contribution in [0.4, 0.5) is 0 Å². The van der Waals surface area contributed by atoms with Crippen LogP contribution in [0.15, 0.2) is 28.7 Å². The van der Waals surface area contributed by atoms with E-state index in [0.717, 1.165) is 49.3 Å². The first-order valence-corrected chi connectivity index (χ1v) is 8.01. The summed E-state index contributed by atoms with van der Waals surface area (Å²) in [7, 11) is 0. The Kier molecular flexibility index (Phi) is 3.37. The molecule has 2 fully saturated rings. The molecule has 4 rings (SSSR count). The van der Waals surface area contributed by atoms with E-state index in [0.29, 0.717) is 5.92 Å². The van der Waals surface area contributed by atoms with Gasteiger partial charge in [0.15, 0.2) is 11.5 Å². The fourth-order valence-corrected chi connectivity index (χ4v) is 3.56. The molecule has 2 atom stereocenters. The van der Waals surface area contributed by atoms with Crippen LogP contribution in [-0.4, -0.2) is 41.1 Å². The summed E-state index contributed by atoms with van der Waals surface area (Å²) < 4.78 is 11.2. The monoisotopic (exact) mass is 300 g/mol. The van der Waals surface area contributed by atoms with Crippen LogP contribution in [0, 0.1) is 0 Å². The fraction of sp³-hybridized carbons (Fsp3) is 0.529. The average Bonchev–Trinajstić information content (AvgIpc) is 3.10. The third-order valence-electron chi connectivity index (χ3n) is 4.77. The predicted octanol–water partition coefficient (Wildman–Crippen LogP) is 2.71. The Morgan fingerprint density at radius 2 is 2.00 bits per heavy atom. The molecule has 0 aliphatic carbocycles. The van der Waals surface area contributed by atoms with Gasteiger partial charge in [0.2, 0.25) is 0 Å². The first-order chi connectivity index (χ1) is 10.7. The summed E-state index contributed by atoms with van der Waals surface area (Å²) >= 11 is 0. The van der Waals surface area contributed by atoms with Crippen LogP contribution in [0.25, 0.3) is 11.1 Å². The Morgan fingerprint density at radius 3 is 2.68 bits per heavy atom. The molecular formula is C17H20N2O3. The number of hydrogen-bond donors (Lipinski definition) is 0. The Bertz CT molecular complexity index is 655. The third-order valence-corrected chi connectivity index (χ3v) is 4.77. The molecule has 2 aliphatic rings. The van der Waals surface area contributed by atoms with Gasteiger partial charge in [0.1, 0.15) is 17.7 Å². The van der Waals surface area contributed by atoms with Gasteiger partial charge in [0, 0.05) is 12.3 Å². The van der Waals surface area contributed by atoms with Crippen molar-refractivity contribution >= 4 is 17.1 Å². The largest absolute Gasteiger partial charge is 0.461 e. The lowest BCUT2D eigenvalue weighted by Crippen LogP contribution is -2.43. The van der Waals surface area contributed by atoms with Gasteiger partial charge in [-0.2, -0.15) is 0 Å². The minimum atomic E-state index is -0.0622. The molecule has 0 radical (unpaired) electrons. The third kappa shape index (κ3) is 2.39. The van der Waals surface area contributed by atoms with Crippen molar-refractivity contribution in [1.82, 2.24) is 9.88 Å². The van der Waals surface area contributed by atoms with Crippen LogP contribution >= 0.6 is 0 Å². The Balaban J connectivity index is 1.44. The number of cyclic esters (lactones) is 1. The van der Waals surface area contributed by atoms with Crippen LogP contribution < -0.4 is 0 Å². The molecule has 22 heavy (non-hydrogen) atoms. The second-order valence-electron chi connectivity index (χ2n) is 6.33. The maximum atomic E-state index is 11.9. The second kappa shape index (κ2) is 5.39. The van der Waals surface area contributed by atoms with E-state index in [1.54, 1.807) is 0 Å². The molecule has 0 N–H and O–H groups in total. The number of oxazole rings is 1. The molecule has 0 spiro atoms. The number of nitrogens with zero attached hydrogens (tertiary/aromatic N) is 2. The number of hydrogen-bond acceptors (Lipinski definition) is 5. The molecular weight excluding hydrogens is 280 g/mol. The van der Waals surface area contributed by atoms with E-state index >= 15 is 0 Å². The van der Waals surface area contributed by atoms with Crippen LogP contribution in [0.1, 0.15) is 38.0 Å². The highest BCUT2D eigenvalue weighted by atomic mass is 16.6. The van der Waals surface area contributed by atoms with Crippen molar-refractivity contribution in [3.63, 3.8) is 0 Å². The minimum absolute atomic E-state index is 0.0484. The lowest BCUT2D eigenvalue weighted by Gasteiger charge is -2.33. The number of ether oxygens (including phenoxy) is 1. The SMILES string of the molecule is CC1CC(N2CCC(c3nc4ccccc4o3)CC2)C(=O)O1. The molecule has 0 bridgehead atoms. The number of para-hydroxylation sites is 2. The van der Waals surface area contributed by atoms with Gasteiger partial charge < -0.3 is 9.15 Å². The number of rotatable bonds is 2. The molecule has 3 heterocycles. The summed E-state index contributed by atoms with van der Waals surface area (Å²) in [6.07, 6.45) is 2.81. The van der Waals surface area contributed by atoms with Gasteiger partial charge in [-0.1, -0.05) is 12.1 Å². The molecule has 116 valence electrons. The van der Waals surface area contributed by atoms with Gasteiger partial charge >= 0.3 is 5.97 Å². The number of carbonyl (C=O) groups excluding carboxylic acids is 1. The van der Waals surface area contributed by atoms with Gasteiger partial charge in [0.25, 0.3) is 0 Å². The summed E-state index contributed by atoms with van der Waals surface area (Å²) in [5, 5.41) is 0. The summed E-state index contributed by atoms with van der Waals surface area (Å²) in [6.45, 7) is 3.76. The molecule has 5 heteroatoms. The summed E-state index contributed by atoms with van der Waals surface area (Å²) in [6, 6.07) is 7.82. The average molecular weight is 300 g/mol. The van der Waals surface area contributed by atoms with Crippen molar-refractivity contribution < 1.29 is 13.9 Å². The molecule has 2 saturated heterocycles. The van der Waals surface area contributed by atoms with Gasteiger partial charge in [-0.05, 0) is 45.0 Å². The number of carbonyl (C=O) groups is 1. The van der Waals surface area contributed by atoms with Gasteiger partial charge in [0.05, 0.1) is 0 Å². The van der Waals surface area contributed by atoms with E-state index < -0.39 is 0 Å². The number of fused-ring (bicyclic) bond motifs is 1. The lowest BCUT2D eigenvalue weighted by atomic mass is 9.95. The first kappa shape index (κ1) is 13.8. The fourth-order valence-electron chi connectivity index (χ4n) is 3.56. The lowest BCUT2D eigenvalue weighted by molar-refractivity contribution is -0.145. The van der Waals surface area contributed by atoms with Crippen molar-refractivity contribution in [3.8, 4) is 0 Å². The van der Waals surface area contributed by atoms with Crippen molar-refractivity contribution in [2.75, 3.05) is 13.1 Å². The van der Waals surface area contributed by atoms with Crippen LogP contribution in [-0.2, 0) is 9.53 Å². The van der Waals surface area contributed by atoms with Gasteiger partial charge in [-0.3, -0.25) is 9.69 Å².